The van der Waals surface area contributed by atoms with E-state index in [1.807, 2.05) is 0 Å². The van der Waals surface area contributed by atoms with E-state index in [4.69, 9.17) is 5.11 Å². The number of aliphatic hydroxyl groups is 1. The minimum absolute atomic E-state index is 0.0700. The zero-order valence-electron chi connectivity index (χ0n) is 10.0. The van der Waals surface area contributed by atoms with Gasteiger partial charge in [0.1, 0.15) is 0 Å². The maximum atomic E-state index is 13.4. The van der Waals surface area contributed by atoms with Gasteiger partial charge in [0.05, 0.1) is 18.4 Å². The smallest absolute Gasteiger partial charge is 0.257 e. The lowest BCUT2D eigenvalue weighted by Gasteiger charge is -2.34. The Balaban J connectivity index is 1.98. The number of rotatable bonds is 3. The van der Waals surface area contributed by atoms with Gasteiger partial charge in [0.2, 0.25) is 0 Å². The molecule has 1 aromatic rings. The fourth-order valence-corrected chi connectivity index (χ4v) is 2.03. The van der Waals surface area contributed by atoms with E-state index in [1.165, 1.54) is 12.3 Å². The van der Waals surface area contributed by atoms with Gasteiger partial charge in [-0.1, -0.05) is 0 Å². The summed E-state index contributed by atoms with van der Waals surface area (Å²) in [6, 6.07) is 1.40. The predicted molar refractivity (Wildman–Crippen MR) is 63.6 cm³/mol. The van der Waals surface area contributed by atoms with Gasteiger partial charge < -0.3 is 10.0 Å². The number of halogens is 1. The van der Waals surface area contributed by atoms with Crippen molar-refractivity contribution in [1.29, 1.82) is 0 Å². The maximum absolute atomic E-state index is 13.4. The molecule has 18 heavy (non-hydrogen) atoms. The van der Waals surface area contributed by atoms with Crippen molar-refractivity contribution in [2.45, 2.75) is 0 Å². The maximum Gasteiger partial charge on any atom is 0.257 e. The van der Waals surface area contributed by atoms with Gasteiger partial charge >= 0.3 is 0 Å². The van der Waals surface area contributed by atoms with Gasteiger partial charge in [0.25, 0.3) is 5.91 Å². The summed E-state index contributed by atoms with van der Waals surface area (Å²) in [5, 5.41) is 8.83. The molecule has 1 N–H and O–H groups in total. The van der Waals surface area contributed by atoms with E-state index in [0.29, 0.717) is 32.7 Å². The zero-order chi connectivity index (χ0) is 13.0. The molecule has 0 aliphatic carbocycles. The zero-order valence-corrected chi connectivity index (χ0v) is 10.0. The van der Waals surface area contributed by atoms with Gasteiger partial charge in [-0.25, -0.2) is 4.39 Å². The average Bonchev–Trinajstić information content (AvgIpc) is 2.40. The Morgan fingerprint density at radius 2 is 2.11 bits per heavy atom. The summed E-state index contributed by atoms with van der Waals surface area (Å²) in [6.45, 7) is 3.26. The van der Waals surface area contributed by atoms with Crippen molar-refractivity contribution >= 4 is 5.91 Å². The molecule has 1 aromatic heterocycles. The Morgan fingerprint density at radius 1 is 1.39 bits per heavy atom. The Morgan fingerprint density at radius 3 is 2.72 bits per heavy atom. The molecule has 0 radical (unpaired) electrons. The first-order chi connectivity index (χ1) is 8.72. The van der Waals surface area contributed by atoms with E-state index in [0.717, 1.165) is 6.20 Å². The predicted octanol–water partition coefficient (Wildman–Crippen LogP) is -0.0292. The molecule has 0 atom stereocenters. The summed E-state index contributed by atoms with van der Waals surface area (Å²) < 4.78 is 13.4. The summed E-state index contributed by atoms with van der Waals surface area (Å²) in [5.41, 5.74) is 0.0700. The van der Waals surface area contributed by atoms with E-state index in [9.17, 15) is 9.18 Å². The third-order valence-electron chi connectivity index (χ3n) is 3.08. The lowest BCUT2D eigenvalue weighted by Crippen LogP contribution is -2.49. The van der Waals surface area contributed by atoms with E-state index in [1.54, 1.807) is 4.90 Å². The number of aliphatic hydroxyl groups excluding tert-OH is 1. The number of piperazine rings is 1. The Labute approximate surface area is 105 Å². The summed E-state index contributed by atoms with van der Waals surface area (Å²) in [7, 11) is 0. The first kappa shape index (κ1) is 12.9. The van der Waals surface area contributed by atoms with Crippen molar-refractivity contribution in [2.24, 2.45) is 0 Å². The van der Waals surface area contributed by atoms with Gasteiger partial charge in [0, 0.05) is 38.9 Å². The standard InChI is InChI=1S/C12H16FN3O2/c13-11-9-14-2-1-10(11)12(18)16-5-3-15(4-6-16)7-8-17/h1-2,9,17H,3-8H2. The second-order valence-electron chi connectivity index (χ2n) is 4.21. The summed E-state index contributed by atoms with van der Waals surface area (Å²) in [6.07, 6.45) is 2.47. The number of nitrogens with zero attached hydrogens (tertiary/aromatic N) is 3. The van der Waals surface area contributed by atoms with E-state index in [2.05, 4.69) is 9.88 Å². The molecule has 0 spiro atoms. The number of β-amino-alcohol motifs (C(OH)–C–C–N with tert-alkyl or cyclic N) is 1. The molecule has 5 nitrogen and oxygen atoms in total. The van der Waals surface area contributed by atoms with Crippen LogP contribution in [0.5, 0.6) is 0 Å². The highest BCUT2D eigenvalue weighted by Crippen LogP contribution is 2.11. The van der Waals surface area contributed by atoms with Crippen LogP contribution >= 0.6 is 0 Å². The van der Waals surface area contributed by atoms with Crippen molar-refractivity contribution in [2.75, 3.05) is 39.3 Å². The third kappa shape index (κ3) is 2.83. The Kier molecular flexibility index (Phi) is 4.22. The second-order valence-corrected chi connectivity index (χ2v) is 4.21. The molecule has 1 aliphatic rings. The van der Waals surface area contributed by atoms with Gasteiger partial charge in [-0.05, 0) is 6.07 Å². The van der Waals surface area contributed by atoms with Crippen LogP contribution in [0.25, 0.3) is 0 Å². The number of carbonyl (C=O) groups is 1. The second kappa shape index (κ2) is 5.88. The lowest BCUT2D eigenvalue weighted by atomic mass is 10.2. The molecule has 0 saturated carbocycles. The fourth-order valence-electron chi connectivity index (χ4n) is 2.03. The molecule has 2 rings (SSSR count). The summed E-state index contributed by atoms with van der Waals surface area (Å²) in [5.74, 6) is -0.876. The normalized spacial score (nSPS) is 16.9. The minimum atomic E-state index is -0.583. The first-order valence-corrected chi connectivity index (χ1v) is 5.94. The molecule has 0 bridgehead atoms. The number of amides is 1. The topological polar surface area (TPSA) is 56.7 Å². The fraction of sp³-hybridized carbons (Fsp3) is 0.500. The van der Waals surface area contributed by atoms with Crippen LogP contribution in [0.2, 0.25) is 0 Å². The largest absolute Gasteiger partial charge is 0.395 e. The number of aromatic nitrogens is 1. The molecule has 6 heteroatoms. The van der Waals surface area contributed by atoms with Crippen LogP contribution in [-0.4, -0.2) is 65.1 Å². The van der Waals surface area contributed by atoms with Crippen LogP contribution in [0.1, 0.15) is 10.4 Å². The van der Waals surface area contributed by atoms with Crippen molar-refractivity contribution in [3.05, 3.63) is 29.8 Å². The summed E-state index contributed by atoms with van der Waals surface area (Å²) >= 11 is 0. The van der Waals surface area contributed by atoms with Crippen LogP contribution in [0, 0.1) is 5.82 Å². The van der Waals surface area contributed by atoms with Gasteiger partial charge in [-0.2, -0.15) is 0 Å². The highest BCUT2D eigenvalue weighted by Gasteiger charge is 2.23. The molecular formula is C12H16FN3O2. The van der Waals surface area contributed by atoms with Crippen LogP contribution < -0.4 is 0 Å². The van der Waals surface area contributed by atoms with Crippen molar-refractivity contribution in [3.63, 3.8) is 0 Å². The van der Waals surface area contributed by atoms with E-state index in [-0.39, 0.29) is 18.1 Å². The molecule has 2 heterocycles. The van der Waals surface area contributed by atoms with E-state index >= 15 is 0 Å². The van der Waals surface area contributed by atoms with Crippen LogP contribution in [-0.2, 0) is 0 Å². The molecule has 1 saturated heterocycles. The monoisotopic (exact) mass is 253 g/mol. The van der Waals surface area contributed by atoms with Gasteiger partial charge in [-0.15, -0.1) is 0 Å². The van der Waals surface area contributed by atoms with Crippen molar-refractivity contribution < 1.29 is 14.3 Å². The highest BCUT2D eigenvalue weighted by molar-refractivity contribution is 5.94. The SMILES string of the molecule is O=C(c1ccncc1F)N1CCN(CCO)CC1. The molecule has 1 fully saturated rings. The minimum Gasteiger partial charge on any atom is -0.395 e. The van der Waals surface area contributed by atoms with Crippen LogP contribution in [0.4, 0.5) is 4.39 Å². The van der Waals surface area contributed by atoms with Crippen LogP contribution in [0.15, 0.2) is 18.5 Å². The van der Waals surface area contributed by atoms with Crippen molar-refractivity contribution in [1.82, 2.24) is 14.8 Å². The van der Waals surface area contributed by atoms with Gasteiger partial charge in [0.15, 0.2) is 5.82 Å². The van der Waals surface area contributed by atoms with Crippen LogP contribution in [0.3, 0.4) is 0 Å². The number of pyridine rings is 1. The molecule has 0 unspecified atom stereocenters. The quantitative estimate of drug-likeness (QED) is 0.822. The lowest BCUT2D eigenvalue weighted by molar-refractivity contribution is 0.0610. The summed E-state index contributed by atoms with van der Waals surface area (Å²) in [4.78, 5) is 19.4. The van der Waals surface area contributed by atoms with E-state index < -0.39 is 5.82 Å². The number of carbonyl (C=O) groups excluding carboxylic acids is 1. The first-order valence-electron chi connectivity index (χ1n) is 5.94. The average molecular weight is 253 g/mol. The molecule has 1 amide bonds. The molecular weight excluding hydrogens is 237 g/mol. The van der Waals surface area contributed by atoms with Crippen molar-refractivity contribution in [3.8, 4) is 0 Å². The molecule has 98 valence electrons. The Hall–Kier alpha value is -1.53. The molecule has 1 aliphatic heterocycles. The number of hydrogen-bond acceptors (Lipinski definition) is 4. The third-order valence-corrected chi connectivity index (χ3v) is 3.08. The van der Waals surface area contributed by atoms with Gasteiger partial charge in [-0.3, -0.25) is 14.7 Å². The molecule has 0 aromatic carbocycles. The number of hydrogen-bond donors (Lipinski definition) is 1. The highest BCUT2D eigenvalue weighted by atomic mass is 19.1. The Bertz CT molecular complexity index is 420.